The molecule has 2 nitrogen and oxygen atoms in total. The van der Waals surface area contributed by atoms with Crippen LogP contribution >= 0.6 is 27.5 Å². The van der Waals surface area contributed by atoms with Crippen LogP contribution in [0.4, 0.5) is 5.69 Å². The van der Waals surface area contributed by atoms with Crippen LogP contribution in [0.1, 0.15) is 26.7 Å². The van der Waals surface area contributed by atoms with Gasteiger partial charge in [0.05, 0.1) is 11.1 Å². The van der Waals surface area contributed by atoms with Crippen LogP contribution in [0.2, 0.25) is 5.02 Å². The summed E-state index contributed by atoms with van der Waals surface area (Å²) in [6.07, 6.45) is 2.19. The molecule has 0 amide bonds. The van der Waals surface area contributed by atoms with E-state index in [1.54, 1.807) is 0 Å². The maximum Gasteiger partial charge on any atom is 0.127 e. The van der Waals surface area contributed by atoms with Gasteiger partial charge < -0.3 is 5.32 Å². The third-order valence-electron chi connectivity index (χ3n) is 3.74. The zero-order chi connectivity index (χ0) is 12.7. The SMILES string of the molecule is CC1(C(C)(C#N)Nc2ccc(Cl)c(Br)c2)CC1. The van der Waals surface area contributed by atoms with Crippen molar-refractivity contribution in [3.63, 3.8) is 0 Å². The fourth-order valence-corrected chi connectivity index (χ4v) is 2.36. The van der Waals surface area contributed by atoms with E-state index in [-0.39, 0.29) is 5.41 Å². The van der Waals surface area contributed by atoms with Crippen LogP contribution < -0.4 is 5.32 Å². The molecule has 17 heavy (non-hydrogen) atoms. The normalized spacial score (nSPS) is 20.2. The number of anilines is 1. The Kier molecular flexibility index (Phi) is 3.14. The van der Waals surface area contributed by atoms with Crippen LogP contribution in [0, 0.1) is 16.7 Å². The molecule has 0 saturated heterocycles. The van der Waals surface area contributed by atoms with Crippen molar-refractivity contribution in [2.75, 3.05) is 5.32 Å². The Morgan fingerprint density at radius 3 is 2.65 bits per heavy atom. The van der Waals surface area contributed by atoms with Gasteiger partial charge in [-0.15, -0.1) is 0 Å². The molecule has 1 aliphatic rings. The fraction of sp³-hybridized carbons (Fsp3) is 0.462. The quantitative estimate of drug-likeness (QED) is 0.885. The molecule has 0 aliphatic heterocycles. The van der Waals surface area contributed by atoms with Gasteiger partial charge in [0.2, 0.25) is 0 Å². The van der Waals surface area contributed by atoms with Crippen molar-refractivity contribution in [2.45, 2.75) is 32.2 Å². The second-order valence-electron chi connectivity index (χ2n) is 5.05. The third-order valence-corrected chi connectivity index (χ3v) is 4.96. The Labute approximate surface area is 115 Å². The second kappa shape index (κ2) is 4.19. The van der Waals surface area contributed by atoms with Crippen molar-refractivity contribution in [1.82, 2.24) is 0 Å². The molecule has 0 radical (unpaired) electrons. The number of halogens is 2. The molecule has 90 valence electrons. The predicted octanol–water partition coefficient (Wildman–Crippen LogP) is 4.60. The van der Waals surface area contributed by atoms with Gasteiger partial charge in [0, 0.05) is 15.6 Å². The summed E-state index contributed by atoms with van der Waals surface area (Å²) in [5, 5.41) is 13.4. The van der Waals surface area contributed by atoms with Gasteiger partial charge >= 0.3 is 0 Å². The molecule has 2 rings (SSSR count). The summed E-state index contributed by atoms with van der Waals surface area (Å²) >= 11 is 9.34. The number of hydrogen-bond acceptors (Lipinski definition) is 2. The van der Waals surface area contributed by atoms with Gasteiger partial charge in [0.25, 0.3) is 0 Å². The van der Waals surface area contributed by atoms with Gasteiger partial charge in [-0.25, -0.2) is 0 Å². The van der Waals surface area contributed by atoms with Gasteiger partial charge in [0.15, 0.2) is 0 Å². The molecule has 1 N–H and O–H groups in total. The molecular formula is C13H14BrClN2. The van der Waals surface area contributed by atoms with E-state index in [1.807, 2.05) is 25.1 Å². The van der Waals surface area contributed by atoms with Crippen LogP contribution in [-0.4, -0.2) is 5.54 Å². The van der Waals surface area contributed by atoms with Crippen LogP contribution in [0.25, 0.3) is 0 Å². The first kappa shape index (κ1) is 12.7. The van der Waals surface area contributed by atoms with Crippen molar-refractivity contribution >= 4 is 33.2 Å². The van der Waals surface area contributed by atoms with Gasteiger partial charge in [-0.3, -0.25) is 0 Å². The molecule has 1 aromatic carbocycles. The molecule has 1 fully saturated rings. The minimum Gasteiger partial charge on any atom is -0.367 e. The maximum absolute atomic E-state index is 9.40. The molecular weight excluding hydrogens is 300 g/mol. The Hall–Kier alpha value is -0.720. The molecule has 4 heteroatoms. The Morgan fingerprint density at radius 2 is 2.18 bits per heavy atom. The Bertz CT molecular complexity index is 491. The van der Waals surface area contributed by atoms with Crippen molar-refractivity contribution in [3.05, 3.63) is 27.7 Å². The summed E-state index contributed by atoms with van der Waals surface area (Å²) in [6, 6.07) is 8.03. The zero-order valence-corrected chi connectivity index (χ0v) is 12.2. The molecule has 1 atom stereocenters. The highest BCUT2D eigenvalue weighted by molar-refractivity contribution is 9.10. The summed E-state index contributed by atoms with van der Waals surface area (Å²) in [5.41, 5.74) is 0.465. The minimum absolute atomic E-state index is 0.0772. The lowest BCUT2D eigenvalue weighted by Crippen LogP contribution is -2.41. The number of nitrogens with zero attached hydrogens (tertiary/aromatic N) is 1. The van der Waals surface area contributed by atoms with E-state index in [1.165, 1.54) is 0 Å². The number of hydrogen-bond donors (Lipinski definition) is 1. The molecule has 0 aromatic heterocycles. The fourth-order valence-electron chi connectivity index (χ4n) is 1.86. The zero-order valence-electron chi connectivity index (χ0n) is 9.85. The molecule has 1 unspecified atom stereocenters. The van der Waals surface area contributed by atoms with Crippen LogP contribution in [0.15, 0.2) is 22.7 Å². The number of rotatable bonds is 3. The largest absolute Gasteiger partial charge is 0.367 e. The number of nitrogens with one attached hydrogen (secondary N) is 1. The molecule has 1 aliphatic carbocycles. The highest BCUT2D eigenvalue weighted by atomic mass is 79.9. The number of nitriles is 1. The van der Waals surface area contributed by atoms with E-state index in [0.29, 0.717) is 5.02 Å². The highest BCUT2D eigenvalue weighted by Gasteiger charge is 2.53. The maximum atomic E-state index is 9.40. The average Bonchev–Trinajstić information content (AvgIpc) is 3.03. The summed E-state index contributed by atoms with van der Waals surface area (Å²) in [4.78, 5) is 0. The lowest BCUT2D eigenvalue weighted by molar-refractivity contribution is 0.405. The molecule has 0 bridgehead atoms. The number of benzene rings is 1. The van der Waals surface area contributed by atoms with Crippen LogP contribution in [-0.2, 0) is 0 Å². The van der Waals surface area contributed by atoms with Crippen molar-refractivity contribution in [3.8, 4) is 6.07 Å². The second-order valence-corrected chi connectivity index (χ2v) is 6.31. The third kappa shape index (κ3) is 2.29. The minimum atomic E-state index is -0.528. The molecule has 0 spiro atoms. The van der Waals surface area contributed by atoms with Crippen molar-refractivity contribution < 1.29 is 0 Å². The summed E-state index contributed by atoms with van der Waals surface area (Å²) in [5.74, 6) is 0. The summed E-state index contributed by atoms with van der Waals surface area (Å²) in [7, 11) is 0. The molecule has 1 aromatic rings. The van der Waals surface area contributed by atoms with Gasteiger partial charge in [-0.2, -0.15) is 5.26 Å². The van der Waals surface area contributed by atoms with E-state index in [4.69, 9.17) is 11.6 Å². The summed E-state index contributed by atoms with van der Waals surface area (Å²) in [6.45, 7) is 4.11. The topological polar surface area (TPSA) is 35.8 Å². The summed E-state index contributed by atoms with van der Waals surface area (Å²) < 4.78 is 0.838. The van der Waals surface area contributed by atoms with E-state index < -0.39 is 5.54 Å². The van der Waals surface area contributed by atoms with Crippen LogP contribution in [0.3, 0.4) is 0 Å². The van der Waals surface area contributed by atoms with E-state index in [2.05, 4.69) is 34.2 Å². The Morgan fingerprint density at radius 1 is 1.53 bits per heavy atom. The smallest absolute Gasteiger partial charge is 0.127 e. The monoisotopic (exact) mass is 312 g/mol. The lowest BCUT2D eigenvalue weighted by Gasteiger charge is -2.31. The first-order valence-corrected chi connectivity index (χ1v) is 6.72. The standard InChI is InChI=1S/C13H14BrClN2/c1-12(5-6-12)13(2,8-16)17-9-3-4-11(15)10(14)7-9/h3-4,7,17H,5-6H2,1-2H3. The Balaban J connectivity index is 2.25. The van der Waals surface area contributed by atoms with Gasteiger partial charge in [-0.05, 0) is 53.9 Å². The molecule has 1 saturated carbocycles. The van der Waals surface area contributed by atoms with Crippen molar-refractivity contribution in [2.24, 2.45) is 5.41 Å². The average molecular weight is 314 g/mol. The highest BCUT2D eigenvalue weighted by Crippen LogP contribution is 2.54. The van der Waals surface area contributed by atoms with E-state index >= 15 is 0 Å². The molecule has 0 heterocycles. The predicted molar refractivity (Wildman–Crippen MR) is 74.1 cm³/mol. The first-order valence-electron chi connectivity index (χ1n) is 5.55. The van der Waals surface area contributed by atoms with Crippen molar-refractivity contribution in [1.29, 1.82) is 5.26 Å². The van der Waals surface area contributed by atoms with Crippen LogP contribution in [0.5, 0.6) is 0 Å². The first-order chi connectivity index (χ1) is 7.90. The lowest BCUT2D eigenvalue weighted by atomic mass is 9.85. The van der Waals surface area contributed by atoms with E-state index in [0.717, 1.165) is 23.0 Å². The van der Waals surface area contributed by atoms with E-state index in [9.17, 15) is 5.26 Å². The van der Waals surface area contributed by atoms with Gasteiger partial charge in [-0.1, -0.05) is 18.5 Å². The van der Waals surface area contributed by atoms with Gasteiger partial charge in [0.1, 0.15) is 5.54 Å².